The Balaban J connectivity index is 1.91. The van der Waals surface area contributed by atoms with Gasteiger partial charge in [0.25, 0.3) is 0 Å². The quantitative estimate of drug-likeness (QED) is 0.850. The van der Waals surface area contributed by atoms with Crippen LogP contribution in [0.3, 0.4) is 0 Å². The van der Waals surface area contributed by atoms with Crippen LogP contribution in [0.5, 0.6) is 5.75 Å². The molecule has 0 amide bonds. The maximum Gasteiger partial charge on any atom is 0.142 e. The van der Waals surface area contributed by atoms with Gasteiger partial charge in [0.05, 0.1) is 18.9 Å². The van der Waals surface area contributed by atoms with Gasteiger partial charge in [0.1, 0.15) is 5.75 Å². The lowest BCUT2D eigenvalue weighted by Gasteiger charge is -2.37. The van der Waals surface area contributed by atoms with Gasteiger partial charge in [-0.05, 0) is 38.7 Å². The number of aryl methyl sites for hydroxylation is 1. The van der Waals surface area contributed by atoms with E-state index in [4.69, 9.17) is 4.74 Å². The lowest BCUT2D eigenvalue weighted by Crippen LogP contribution is -2.49. The molecule has 1 aromatic rings. The number of methoxy groups -OCH3 is 1. The molecule has 0 unspecified atom stereocenters. The maximum absolute atomic E-state index is 10.1. The number of hydrogen-bond donors (Lipinski definition) is 1. The normalized spacial score (nSPS) is 17.8. The van der Waals surface area contributed by atoms with Crippen LogP contribution in [0.1, 0.15) is 5.56 Å². The molecule has 5 nitrogen and oxygen atoms in total. The van der Waals surface area contributed by atoms with Crippen LogP contribution in [0, 0.1) is 6.92 Å². The molecule has 0 bridgehead atoms. The molecule has 0 aromatic heterocycles. The minimum Gasteiger partial charge on any atom is -0.495 e. The van der Waals surface area contributed by atoms with E-state index < -0.39 is 0 Å². The molecule has 1 aliphatic rings. The van der Waals surface area contributed by atoms with Gasteiger partial charge >= 0.3 is 0 Å². The van der Waals surface area contributed by atoms with E-state index in [1.807, 2.05) is 25.1 Å². The molecule has 1 aliphatic heterocycles. The molecule has 1 saturated heterocycles. The van der Waals surface area contributed by atoms with Crippen LogP contribution in [-0.4, -0.2) is 81.5 Å². The Kier molecular flexibility index (Phi) is 6.06. The summed E-state index contributed by atoms with van der Waals surface area (Å²) < 4.78 is 5.49. The fourth-order valence-electron chi connectivity index (χ4n) is 3.00. The first-order chi connectivity index (χ1) is 10.5. The van der Waals surface area contributed by atoms with E-state index in [-0.39, 0.29) is 6.10 Å². The van der Waals surface area contributed by atoms with Crippen molar-refractivity contribution in [2.45, 2.75) is 13.0 Å². The number of rotatable bonds is 6. The second-order valence-electron chi connectivity index (χ2n) is 6.38. The summed E-state index contributed by atoms with van der Waals surface area (Å²) in [5, 5.41) is 10.1. The zero-order chi connectivity index (χ0) is 16.1. The van der Waals surface area contributed by atoms with E-state index in [1.165, 1.54) is 11.3 Å². The third kappa shape index (κ3) is 4.60. The Labute approximate surface area is 134 Å². The predicted molar refractivity (Wildman–Crippen MR) is 90.9 cm³/mol. The predicted octanol–water partition coefficient (Wildman–Crippen LogP) is 1.05. The van der Waals surface area contributed by atoms with Crippen LogP contribution < -0.4 is 9.64 Å². The fraction of sp³-hybridized carbons (Fsp3) is 0.647. The van der Waals surface area contributed by atoms with Crippen LogP contribution >= 0.6 is 0 Å². The summed E-state index contributed by atoms with van der Waals surface area (Å²) in [6, 6.07) is 6.31. The third-order valence-corrected chi connectivity index (χ3v) is 4.09. The molecule has 2 rings (SSSR count). The highest BCUT2D eigenvalue weighted by atomic mass is 16.5. The number of anilines is 1. The number of nitrogens with zero attached hydrogens (tertiary/aromatic N) is 3. The number of piperazine rings is 1. The SMILES string of the molecule is COc1ccc(C)cc1N1CCN(C[C@@H](O)CN(C)C)CC1. The molecule has 124 valence electrons. The molecule has 0 aliphatic carbocycles. The summed E-state index contributed by atoms with van der Waals surface area (Å²) in [6.07, 6.45) is -0.282. The molecular weight excluding hydrogens is 278 g/mol. The van der Waals surface area contributed by atoms with E-state index in [0.717, 1.165) is 38.5 Å². The Bertz CT molecular complexity index is 471. The number of β-amino-alcohol motifs (C(OH)–C–C–N with tert-alkyl or cyclic N) is 1. The van der Waals surface area contributed by atoms with Gasteiger partial charge < -0.3 is 19.6 Å². The molecule has 1 N–H and O–H groups in total. The highest BCUT2D eigenvalue weighted by Gasteiger charge is 2.21. The maximum atomic E-state index is 10.1. The largest absolute Gasteiger partial charge is 0.495 e. The molecule has 0 saturated carbocycles. The lowest BCUT2D eigenvalue weighted by molar-refractivity contribution is 0.0860. The number of aliphatic hydroxyl groups is 1. The van der Waals surface area contributed by atoms with Gasteiger partial charge in [0, 0.05) is 39.3 Å². The van der Waals surface area contributed by atoms with Crippen LogP contribution in [0.4, 0.5) is 5.69 Å². The van der Waals surface area contributed by atoms with Crippen LogP contribution in [-0.2, 0) is 0 Å². The van der Waals surface area contributed by atoms with Crippen molar-refractivity contribution in [3.8, 4) is 5.75 Å². The molecule has 0 spiro atoms. The van der Waals surface area contributed by atoms with E-state index in [9.17, 15) is 5.11 Å². The number of ether oxygens (including phenoxy) is 1. The fourth-order valence-corrected chi connectivity index (χ4v) is 3.00. The first-order valence-corrected chi connectivity index (χ1v) is 7.94. The minimum absolute atomic E-state index is 0.282. The first kappa shape index (κ1) is 17.1. The van der Waals surface area contributed by atoms with Gasteiger partial charge in [-0.3, -0.25) is 4.90 Å². The highest BCUT2D eigenvalue weighted by molar-refractivity contribution is 5.60. The van der Waals surface area contributed by atoms with Crippen molar-refractivity contribution in [3.05, 3.63) is 23.8 Å². The van der Waals surface area contributed by atoms with E-state index in [0.29, 0.717) is 6.54 Å². The summed E-state index contributed by atoms with van der Waals surface area (Å²) in [4.78, 5) is 6.74. The molecule has 1 heterocycles. The van der Waals surface area contributed by atoms with E-state index >= 15 is 0 Å². The van der Waals surface area contributed by atoms with E-state index in [2.05, 4.69) is 28.9 Å². The Morgan fingerprint density at radius 2 is 1.91 bits per heavy atom. The summed E-state index contributed by atoms with van der Waals surface area (Å²) in [5.74, 6) is 0.937. The Morgan fingerprint density at radius 3 is 2.50 bits per heavy atom. The van der Waals surface area contributed by atoms with Crippen molar-refractivity contribution in [3.63, 3.8) is 0 Å². The average molecular weight is 307 g/mol. The first-order valence-electron chi connectivity index (χ1n) is 7.94. The topological polar surface area (TPSA) is 39.2 Å². The van der Waals surface area contributed by atoms with Crippen LogP contribution in [0.2, 0.25) is 0 Å². The highest BCUT2D eigenvalue weighted by Crippen LogP contribution is 2.29. The van der Waals surface area contributed by atoms with Gasteiger partial charge in [-0.2, -0.15) is 0 Å². The minimum atomic E-state index is -0.282. The van der Waals surface area contributed by atoms with Gasteiger partial charge in [-0.15, -0.1) is 0 Å². The van der Waals surface area contributed by atoms with E-state index in [1.54, 1.807) is 7.11 Å². The zero-order valence-electron chi connectivity index (χ0n) is 14.2. The van der Waals surface area contributed by atoms with Gasteiger partial charge in [-0.25, -0.2) is 0 Å². The summed E-state index contributed by atoms with van der Waals surface area (Å²) >= 11 is 0. The smallest absolute Gasteiger partial charge is 0.142 e. The Morgan fingerprint density at radius 1 is 1.23 bits per heavy atom. The summed E-state index contributed by atoms with van der Waals surface area (Å²) in [6.45, 7) is 7.45. The van der Waals surface area contributed by atoms with Crippen molar-refractivity contribution >= 4 is 5.69 Å². The van der Waals surface area contributed by atoms with Crippen molar-refractivity contribution in [2.24, 2.45) is 0 Å². The standard InChI is InChI=1S/C17H29N3O2/c1-14-5-6-17(22-4)16(11-14)20-9-7-19(8-10-20)13-15(21)12-18(2)3/h5-6,11,15,21H,7-10,12-13H2,1-4H3/t15-/m0/s1. The molecular formula is C17H29N3O2. The number of aliphatic hydroxyl groups excluding tert-OH is 1. The molecule has 5 heteroatoms. The van der Waals surface area contributed by atoms with Gasteiger partial charge in [-0.1, -0.05) is 6.07 Å². The zero-order valence-corrected chi connectivity index (χ0v) is 14.2. The molecule has 1 fully saturated rings. The summed E-state index contributed by atoms with van der Waals surface area (Å²) in [5.41, 5.74) is 2.43. The number of hydrogen-bond acceptors (Lipinski definition) is 5. The second-order valence-corrected chi connectivity index (χ2v) is 6.38. The van der Waals surface area contributed by atoms with Crippen molar-refractivity contribution in [2.75, 3.05) is 65.4 Å². The second kappa shape index (κ2) is 7.81. The average Bonchev–Trinajstić information content (AvgIpc) is 2.47. The molecule has 0 radical (unpaired) electrons. The van der Waals surface area contributed by atoms with Crippen LogP contribution in [0.25, 0.3) is 0 Å². The summed E-state index contributed by atoms with van der Waals surface area (Å²) in [7, 11) is 5.71. The number of likely N-dealkylation sites (N-methyl/N-ethyl adjacent to an activating group) is 1. The van der Waals surface area contributed by atoms with Gasteiger partial charge in [0.2, 0.25) is 0 Å². The van der Waals surface area contributed by atoms with Crippen molar-refractivity contribution in [1.82, 2.24) is 9.80 Å². The monoisotopic (exact) mass is 307 g/mol. The Hall–Kier alpha value is -1.30. The number of benzene rings is 1. The molecule has 1 atom stereocenters. The van der Waals surface area contributed by atoms with Gasteiger partial charge in [0.15, 0.2) is 0 Å². The van der Waals surface area contributed by atoms with Crippen molar-refractivity contribution in [1.29, 1.82) is 0 Å². The van der Waals surface area contributed by atoms with Crippen LogP contribution in [0.15, 0.2) is 18.2 Å². The molecule has 22 heavy (non-hydrogen) atoms. The van der Waals surface area contributed by atoms with Crippen molar-refractivity contribution < 1.29 is 9.84 Å². The molecule has 1 aromatic carbocycles. The third-order valence-electron chi connectivity index (χ3n) is 4.09. The lowest BCUT2D eigenvalue weighted by atomic mass is 10.1.